The molecule has 0 radical (unpaired) electrons. The Bertz CT molecular complexity index is 362. The van der Waals surface area contributed by atoms with E-state index in [-0.39, 0.29) is 0 Å². The summed E-state index contributed by atoms with van der Waals surface area (Å²) in [6.07, 6.45) is 5.55. The highest BCUT2D eigenvalue weighted by molar-refractivity contribution is 9.10. The summed E-state index contributed by atoms with van der Waals surface area (Å²) >= 11 is 9.42. The van der Waals surface area contributed by atoms with Crippen LogP contribution in [0.3, 0.4) is 0 Å². The first-order valence-electron chi connectivity index (χ1n) is 5.76. The molecular weight excluding hydrogens is 288 g/mol. The third-order valence-corrected chi connectivity index (χ3v) is 4.07. The molecule has 1 fully saturated rings. The minimum Gasteiger partial charge on any atom is -0.356 e. The van der Waals surface area contributed by atoms with Gasteiger partial charge in [0.25, 0.3) is 0 Å². The fourth-order valence-corrected chi connectivity index (χ4v) is 3.08. The number of halogens is 2. The Morgan fingerprint density at radius 1 is 1.50 bits per heavy atom. The van der Waals surface area contributed by atoms with Crippen molar-refractivity contribution in [3.05, 3.63) is 21.8 Å². The van der Waals surface area contributed by atoms with Crippen LogP contribution in [0.2, 0.25) is 5.02 Å². The lowest BCUT2D eigenvalue weighted by Gasteiger charge is -2.32. The zero-order chi connectivity index (χ0) is 11.5. The van der Waals surface area contributed by atoms with Gasteiger partial charge in [0.2, 0.25) is 0 Å². The molecule has 0 bridgehead atoms. The summed E-state index contributed by atoms with van der Waals surface area (Å²) < 4.78 is 0.995. The van der Waals surface area contributed by atoms with Gasteiger partial charge in [0.1, 0.15) is 5.82 Å². The van der Waals surface area contributed by atoms with Crippen LogP contribution in [0.1, 0.15) is 26.2 Å². The Labute approximate surface area is 110 Å². The molecule has 88 valence electrons. The van der Waals surface area contributed by atoms with Gasteiger partial charge in [-0.05, 0) is 40.8 Å². The summed E-state index contributed by atoms with van der Waals surface area (Å²) in [6, 6.07) is 1.91. The highest BCUT2D eigenvalue weighted by Gasteiger charge is 2.20. The maximum Gasteiger partial charge on any atom is 0.142 e. The average molecular weight is 304 g/mol. The summed E-state index contributed by atoms with van der Waals surface area (Å²) in [6.45, 7) is 4.48. The van der Waals surface area contributed by atoms with Gasteiger partial charge >= 0.3 is 0 Å². The van der Waals surface area contributed by atoms with Crippen molar-refractivity contribution < 1.29 is 0 Å². The van der Waals surface area contributed by atoms with E-state index in [9.17, 15) is 0 Å². The second-order valence-corrected chi connectivity index (χ2v) is 5.59. The van der Waals surface area contributed by atoms with Crippen LogP contribution >= 0.6 is 27.5 Å². The van der Waals surface area contributed by atoms with Crippen LogP contribution in [0, 0.1) is 5.92 Å². The van der Waals surface area contributed by atoms with Gasteiger partial charge in [-0.25, -0.2) is 4.98 Å². The van der Waals surface area contributed by atoms with Crippen molar-refractivity contribution >= 4 is 33.3 Å². The minimum atomic E-state index is 0.680. The molecule has 0 amide bonds. The Morgan fingerprint density at radius 2 is 2.19 bits per heavy atom. The predicted octanol–water partition coefficient (Wildman–Crippen LogP) is 4.12. The molecule has 4 heteroatoms. The van der Waals surface area contributed by atoms with Gasteiger partial charge in [-0.3, -0.25) is 0 Å². The molecule has 0 aromatic carbocycles. The molecule has 0 unspecified atom stereocenters. The molecular formula is C12H16BrClN2. The quantitative estimate of drug-likeness (QED) is 0.817. The second-order valence-electron chi connectivity index (χ2n) is 4.30. The van der Waals surface area contributed by atoms with Crippen LogP contribution in [-0.4, -0.2) is 18.1 Å². The zero-order valence-electron chi connectivity index (χ0n) is 9.42. The molecule has 0 spiro atoms. The van der Waals surface area contributed by atoms with Crippen molar-refractivity contribution in [3.8, 4) is 0 Å². The SMILES string of the molecule is CCC1CCN(c2ncc(Cl)cc2Br)CC1. The second kappa shape index (κ2) is 5.37. The van der Waals surface area contributed by atoms with Gasteiger partial charge in [0.15, 0.2) is 0 Å². The average Bonchev–Trinajstić information content (AvgIpc) is 2.29. The Kier molecular flexibility index (Phi) is 4.09. The van der Waals surface area contributed by atoms with E-state index in [1.54, 1.807) is 6.20 Å². The summed E-state index contributed by atoms with van der Waals surface area (Å²) in [5, 5.41) is 0.680. The number of hydrogen-bond donors (Lipinski definition) is 0. The molecule has 0 aliphatic carbocycles. The van der Waals surface area contributed by atoms with Crippen molar-refractivity contribution in [2.24, 2.45) is 5.92 Å². The van der Waals surface area contributed by atoms with Crippen molar-refractivity contribution in [1.29, 1.82) is 0 Å². The standard InChI is InChI=1S/C12H16BrClN2/c1-2-9-3-5-16(6-4-9)12-11(13)7-10(14)8-15-12/h7-9H,2-6H2,1H3. The van der Waals surface area contributed by atoms with Crippen molar-refractivity contribution in [1.82, 2.24) is 4.98 Å². The van der Waals surface area contributed by atoms with Gasteiger partial charge in [0, 0.05) is 19.3 Å². The molecule has 1 aliphatic heterocycles. The highest BCUT2D eigenvalue weighted by atomic mass is 79.9. The number of hydrogen-bond acceptors (Lipinski definition) is 2. The number of aromatic nitrogens is 1. The molecule has 2 heterocycles. The lowest BCUT2D eigenvalue weighted by atomic mass is 9.94. The van der Waals surface area contributed by atoms with Crippen LogP contribution in [0.25, 0.3) is 0 Å². The summed E-state index contributed by atoms with van der Waals surface area (Å²) in [5.41, 5.74) is 0. The predicted molar refractivity (Wildman–Crippen MR) is 72.2 cm³/mol. The van der Waals surface area contributed by atoms with Gasteiger partial charge < -0.3 is 4.90 Å². The number of nitrogens with zero attached hydrogens (tertiary/aromatic N) is 2. The number of rotatable bonds is 2. The van der Waals surface area contributed by atoms with E-state index in [2.05, 4.69) is 32.7 Å². The molecule has 2 rings (SSSR count). The van der Waals surface area contributed by atoms with Crippen molar-refractivity contribution in [3.63, 3.8) is 0 Å². The van der Waals surface area contributed by atoms with Crippen LogP contribution < -0.4 is 4.90 Å². The van der Waals surface area contributed by atoms with Crippen molar-refractivity contribution in [2.45, 2.75) is 26.2 Å². The molecule has 0 atom stereocenters. The smallest absolute Gasteiger partial charge is 0.142 e. The van der Waals surface area contributed by atoms with E-state index >= 15 is 0 Å². The Balaban J connectivity index is 2.08. The lowest BCUT2D eigenvalue weighted by Crippen LogP contribution is -2.34. The first-order valence-corrected chi connectivity index (χ1v) is 6.93. The third-order valence-electron chi connectivity index (χ3n) is 3.28. The number of pyridine rings is 1. The molecule has 0 N–H and O–H groups in total. The Morgan fingerprint density at radius 3 is 2.75 bits per heavy atom. The van der Waals surface area contributed by atoms with E-state index in [0.717, 1.165) is 29.3 Å². The van der Waals surface area contributed by atoms with E-state index in [0.29, 0.717) is 5.02 Å². The maximum atomic E-state index is 5.89. The van der Waals surface area contributed by atoms with Crippen LogP contribution in [0.5, 0.6) is 0 Å². The Hall–Kier alpha value is -0.280. The normalized spacial score (nSPS) is 17.8. The largest absolute Gasteiger partial charge is 0.356 e. The van der Waals surface area contributed by atoms with E-state index < -0.39 is 0 Å². The topological polar surface area (TPSA) is 16.1 Å². The van der Waals surface area contributed by atoms with Crippen LogP contribution in [0.15, 0.2) is 16.7 Å². The fraction of sp³-hybridized carbons (Fsp3) is 0.583. The minimum absolute atomic E-state index is 0.680. The first-order chi connectivity index (χ1) is 7.70. The van der Waals surface area contributed by atoms with Crippen molar-refractivity contribution in [2.75, 3.05) is 18.0 Å². The molecule has 2 nitrogen and oxygen atoms in total. The molecule has 1 saturated heterocycles. The summed E-state index contributed by atoms with van der Waals surface area (Å²) in [4.78, 5) is 6.74. The first kappa shape index (κ1) is 12.2. The maximum absolute atomic E-state index is 5.89. The third kappa shape index (κ3) is 2.69. The summed E-state index contributed by atoms with van der Waals surface area (Å²) in [5.74, 6) is 1.92. The van der Waals surface area contributed by atoms with Gasteiger partial charge in [-0.2, -0.15) is 0 Å². The lowest BCUT2D eigenvalue weighted by molar-refractivity contribution is 0.393. The highest BCUT2D eigenvalue weighted by Crippen LogP contribution is 2.30. The van der Waals surface area contributed by atoms with E-state index in [1.807, 2.05) is 6.07 Å². The molecule has 16 heavy (non-hydrogen) atoms. The zero-order valence-corrected chi connectivity index (χ0v) is 11.8. The van der Waals surface area contributed by atoms with Gasteiger partial charge in [0.05, 0.1) is 9.50 Å². The fourth-order valence-electron chi connectivity index (χ4n) is 2.19. The summed E-state index contributed by atoms with van der Waals surface area (Å²) in [7, 11) is 0. The number of anilines is 1. The molecule has 0 saturated carbocycles. The van der Waals surface area contributed by atoms with Crippen LogP contribution in [-0.2, 0) is 0 Å². The molecule has 1 aromatic heterocycles. The molecule has 1 aliphatic rings. The van der Waals surface area contributed by atoms with E-state index in [1.165, 1.54) is 19.3 Å². The molecule has 1 aromatic rings. The van der Waals surface area contributed by atoms with Gasteiger partial charge in [-0.1, -0.05) is 24.9 Å². The monoisotopic (exact) mass is 302 g/mol. The van der Waals surface area contributed by atoms with Gasteiger partial charge in [-0.15, -0.1) is 0 Å². The van der Waals surface area contributed by atoms with E-state index in [4.69, 9.17) is 11.6 Å². The van der Waals surface area contributed by atoms with Crippen LogP contribution in [0.4, 0.5) is 5.82 Å². The number of piperidine rings is 1.